The summed E-state index contributed by atoms with van der Waals surface area (Å²) >= 11 is 0. The van der Waals surface area contributed by atoms with Crippen LogP contribution in [0.3, 0.4) is 0 Å². The molecule has 0 radical (unpaired) electrons. The van der Waals surface area contributed by atoms with Gasteiger partial charge in [-0.2, -0.15) is 0 Å². The lowest BCUT2D eigenvalue weighted by Gasteiger charge is -2.11. The summed E-state index contributed by atoms with van der Waals surface area (Å²) in [6, 6.07) is 12.1. The molecule has 0 aliphatic carbocycles. The summed E-state index contributed by atoms with van der Waals surface area (Å²) in [6.45, 7) is 8.02. The van der Waals surface area contributed by atoms with E-state index in [2.05, 4.69) is 26.7 Å². The molecule has 5 nitrogen and oxygen atoms in total. The molecule has 0 saturated heterocycles. The molecule has 26 heavy (non-hydrogen) atoms. The quantitative estimate of drug-likeness (QED) is 0.718. The number of amides is 1. The minimum Gasteiger partial charge on any atom is -0.324 e. The summed E-state index contributed by atoms with van der Waals surface area (Å²) in [5.41, 5.74) is 6.54. The largest absolute Gasteiger partial charge is 0.324 e. The van der Waals surface area contributed by atoms with Crippen molar-refractivity contribution in [3.8, 4) is 0 Å². The first-order valence-electron chi connectivity index (χ1n) is 8.47. The van der Waals surface area contributed by atoms with Gasteiger partial charge in [0.2, 0.25) is 5.95 Å². The molecule has 3 aromatic rings. The molecular weight excluding hydrogens is 324 g/mol. The number of nitrogens with one attached hydrogen (secondary N) is 2. The zero-order valence-electron chi connectivity index (χ0n) is 15.4. The minimum absolute atomic E-state index is 0.222. The highest BCUT2D eigenvalue weighted by Crippen LogP contribution is 2.21. The molecule has 2 N–H and O–H groups in total. The van der Waals surface area contributed by atoms with Gasteiger partial charge in [0.05, 0.1) is 5.56 Å². The van der Waals surface area contributed by atoms with Gasteiger partial charge in [0.25, 0.3) is 5.91 Å². The number of aromatic nitrogens is 2. The zero-order chi connectivity index (χ0) is 18.7. The first-order chi connectivity index (χ1) is 12.4. The number of anilines is 3. The van der Waals surface area contributed by atoms with Crippen molar-refractivity contribution in [1.29, 1.82) is 0 Å². The van der Waals surface area contributed by atoms with Gasteiger partial charge in [-0.15, -0.1) is 0 Å². The number of rotatable bonds is 4. The van der Waals surface area contributed by atoms with Crippen molar-refractivity contribution >= 4 is 23.2 Å². The van der Waals surface area contributed by atoms with Gasteiger partial charge in [-0.05, 0) is 62.1 Å². The van der Waals surface area contributed by atoms with Gasteiger partial charge in [0.15, 0.2) is 0 Å². The smallest absolute Gasteiger partial charge is 0.258 e. The van der Waals surface area contributed by atoms with Crippen LogP contribution >= 0.6 is 0 Å². The maximum absolute atomic E-state index is 12.5. The van der Waals surface area contributed by atoms with Crippen LogP contribution in [0.1, 0.15) is 32.6 Å². The third-order valence-corrected chi connectivity index (χ3v) is 4.11. The Kier molecular flexibility index (Phi) is 4.98. The van der Waals surface area contributed by atoms with Gasteiger partial charge >= 0.3 is 0 Å². The first-order valence-corrected chi connectivity index (χ1v) is 8.47. The summed E-state index contributed by atoms with van der Waals surface area (Å²) in [4.78, 5) is 21.0. The van der Waals surface area contributed by atoms with Crippen LogP contribution in [0.25, 0.3) is 0 Å². The molecule has 0 spiro atoms. The third-order valence-electron chi connectivity index (χ3n) is 4.11. The van der Waals surface area contributed by atoms with Crippen LogP contribution in [-0.4, -0.2) is 15.9 Å². The van der Waals surface area contributed by atoms with Crippen molar-refractivity contribution in [2.45, 2.75) is 27.7 Å². The fourth-order valence-corrected chi connectivity index (χ4v) is 2.88. The molecule has 1 heterocycles. The highest BCUT2D eigenvalue weighted by Gasteiger charge is 2.11. The van der Waals surface area contributed by atoms with E-state index in [1.165, 1.54) is 12.4 Å². The molecule has 0 aliphatic heterocycles. The maximum Gasteiger partial charge on any atom is 0.258 e. The van der Waals surface area contributed by atoms with Gasteiger partial charge in [0.1, 0.15) is 0 Å². The van der Waals surface area contributed by atoms with Gasteiger partial charge in [-0.3, -0.25) is 4.79 Å². The van der Waals surface area contributed by atoms with Gasteiger partial charge in [-0.1, -0.05) is 24.3 Å². The van der Waals surface area contributed by atoms with Gasteiger partial charge in [0, 0.05) is 23.8 Å². The second-order valence-corrected chi connectivity index (χ2v) is 6.52. The molecule has 1 amide bonds. The Morgan fingerprint density at radius 2 is 1.46 bits per heavy atom. The second-order valence-electron chi connectivity index (χ2n) is 6.52. The Morgan fingerprint density at radius 1 is 0.885 bits per heavy atom. The van der Waals surface area contributed by atoms with E-state index in [9.17, 15) is 4.79 Å². The molecule has 0 unspecified atom stereocenters. The van der Waals surface area contributed by atoms with E-state index in [0.717, 1.165) is 33.6 Å². The fourth-order valence-electron chi connectivity index (χ4n) is 2.88. The SMILES string of the molecule is Cc1cc(C)cc(Nc2ncc(C(=O)Nc3c(C)cccc3C)cn2)c1. The molecular formula is C21H22N4O. The van der Waals surface area contributed by atoms with Crippen LogP contribution in [0, 0.1) is 27.7 Å². The van der Waals surface area contributed by atoms with E-state index >= 15 is 0 Å². The number of carbonyl (C=O) groups is 1. The summed E-state index contributed by atoms with van der Waals surface area (Å²) < 4.78 is 0. The van der Waals surface area contributed by atoms with Crippen molar-refractivity contribution in [1.82, 2.24) is 9.97 Å². The van der Waals surface area contributed by atoms with Crippen LogP contribution in [0.15, 0.2) is 48.8 Å². The van der Waals surface area contributed by atoms with E-state index in [1.807, 2.05) is 58.0 Å². The van der Waals surface area contributed by atoms with Crippen molar-refractivity contribution in [2.24, 2.45) is 0 Å². The lowest BCUT2D eigenvalue weighted by atomic mass is 10.1. The predicted molar refractivity (Wildman–Crippen MR) is 105 cm³/mol. The topological polar surface area (TPSA) is 66.9 Å². The number of nitrogens with zero attached hydrogens (tertiary/aromatic N) is 2. The number of hydrogen-bond acceptors (Lipinski definition) is 4. The Morgan fingerprint density at radius 3 is 2.04 bits per heavy atom. The third kappa shape index (κ3) is 4.06. The van der Waals surface area contributed by atoms with Crippen molar-refractivity contribution < 1.29 is 4.79 Å². The van der Waals surface area contributed by atoms with Gasteiger partial charge < -0.3 is 10.6 Å². The Bertz CT molecular complexity index is 908. The monoisotopic (exact) mass is 346 g/mol. The molecule has 0 fully saturated rings. The molecule has 3 rings (SSSR count). The first kappa shape index (κ1) is 17.6. The Balaban J connectivity index is 1.73. The van der Waals surface area contributed by atoms with Crippen molar-refractivity contribution in [3.05, 3.63) is 76.6 Å². The minimum atomic E-state index is -0.222. The Hall–Kier alpha value is -3.21. The summed E-state index contributed by atoms with van der Waals surface area (Å²) in [7, 11) is 0. The second kappa shape index (κ2) is 7.35. The Labute approximate surface area is 153 Å². The van der Waals surface area contributed by atoms with E-state index < -0.39 is 0 Å². The predicted octanol–water partition coefficient (Wildman–Crippen LogP) is 4.71. The normalized spacial score (nSPS) is 10.5. The number of benzene rings is 2. The molecule has 132 valence electrons. The standard InChI is InChI=1S/C21H22N4O/c1-13-8-14(2)10-18(9-13)24-21-22-11-17(12-23-21)20(26)25-19-15(3)6-5-7-16(19)4/h5-12H,1-4H3,(H,25,26)(H,22,23,24). The zero-order valence-corrected chi connectivity index (χ0v) is 15.4. The molecule has 1 aromatic heterocycles. The van der Waals surface area contributed by atoms with E-state index in [1.54, 1.807) is 0 Å². The van der Waals surface area contributed by atoms with Crippen LogP contribution < -0.4 is 10.6 Å². The fraction of sp³-hybridized carbons (Fsp3) is 0.190. The van der Waals surface area contributed by atoms with E-state index in [0.29, 0.717) is 11.5 Å². The molecule has 0 bridgehead atoms. The van der Waals surface area contributed by atoms with E-state index in [4.69, 9.17) is 0 Å². The molecule has 0 atom stereocenters. The average Bonchev–Trinajstić information content (AvgIpc) is 2.58. The molecule has 0 saturated carbocycles. The lowest BCUT2D eigenvalue weighted by molar-refractivity contribution is 0.102. The van der Waals surface area contributed by atoms with Crippen LogP contribution in [-0.2, 0) is 0 Å². The molecule has 5 heteroatoms. The summed E-state index contributed by atoms with van der Waals surface area (Å²) in [5.74, 6) is 0.235. The maximum atomic E-state index is 12.5. The number of para-hydroxylation sites is 1. The summed E-state index contributed by atoms with van der Waals surface area (Å²) in [6.07, 6.45) is 3.06. The average molecular weight is 346 g/mol. The molecule has 2 aromatic carbocycles. The highest BCUT2D eigenvalue weighted by atomic mass is 16.1. The van der Waals surface area contributed by atoms with Crippen LogP contribution in [0.2, 0.25) is 0 Å². The van der Waals surface area contributed by atoms with Crippen molar-refractivity contribution in [3.63, 3.8) is 0 Å². The molecule has 0 aliphatic rings. The van der Waals surface area contributed by atoms with Crippen LogP contribution in [0.5, 0.6) is 0 Å². The van der Waals surface area contributed by atoms with Gasteiger partial charge in [-0.25, -0.2) is 9.97 Å². The number of aryl methyl sites for hydroxylation is 4. The van der Waals surface area contributed by atoms with Crippen LogP contribution in [0.4, 0.5) is 17.3 Å². The number of carbonyl (C=O) groups excluding carboxylic acids is 1. The lowest BCUT2D eigenvalue weighted by Crippen LogP contribution is -2.14. The van der Waals surface area contributed by atoms with Crippen molar-refractivity contribution in [2.75, 3.05) is 10.6 Å². The number of hydrogen-bond donors (Lipinski definition) is 2. The van der Waals surface area contributed by atoms with E-state index in [-0.39, 0.29) is 5.91 Å². The summed E-state index contributed by atoms with van der Waals surface area (Å²) in [5, 5.41) is 6.11. The highest BCUT2D eigenvalue weighted by molar-refractivity contribution is 6.04.